The van der Waals surface area contributed by atoms with Crippen molar-refractivity contribution < 1.29 is 9.13 Å². The average Bonchev–Trinajstić information content (AvgIpc) is 3.10. The molecule has 0 amide bonds. The summed E-state index contributed by atoms with van der Waals surface area (Å²) in [6.07, 6.45) is 1.73. The van der Waals surface area contributed by atoms with Gasteiger partial charge in [-0.1, -0.05) is 48.0 Å². The number of nitrogens with zero attached hydrogens (tertiary/aromatic N) is 2. The Labute approximate surface area is 197 Å². The van der Waals surface area contributed by atoms with Crippen LogP contribution in [-0.4, -0.2) is 4.57 Å². The van der Waals surface area contributed by atoms with E-state index in [1.54, 1.807) is 24.3 Å². The Morgan fingerprint density at radius 1 is 1.03 bits per heavy atom. The molecule has 0 bridgehead atoms. The van der Waals surface area contributed by atoms with Gasteiger partial charge in [0.2, 0.25) is 0 Å². The van der Waals surface area contributed by atoms with Crippen molar-refractivity contribution in [1.29, 1.82) is 5.26 Å². The molecule has 0 spiro atoms. The van der Waals surface area contributed by atoms with E-state index in [2.05, 4.69) is 10.6 Å². The predicted octanol–water partition coefficient (Wildman–Crippen LogP) is 7.53. The molecule has 0 fully saturated rings. The van der Waals surface area contributed by atoms with Crippen LogP contribution in [0.5, 0.6) is 5.75 Å². The van der Waals surface area contributed by atoms with Crippen LogP contribution in [0.3, 0.4) is 0 Å². The van der Waals surface area contributed by atoms with Crippen molar-refractivity contribution in [1.82, 2.24) is 4.57 Å². The van der Waals surface area contributed by atoms with E-state index in [4.69, 9.17) is 16.3 Å². The highest BCUT2D eigenvalue weighted by Crippen LogP contribution is 2.27. The third-order valence-electron chi connectivity index (χ3n) is 5.50. The summed E-state index contributed by atoms with van der Waals surface area (Å²) in [4.78, 5) is 0. The summed E-state index contributed by atoms with van der Waals surface area (Å²) in [6, 6.07) is 25.8. The van der Waals surface area contributed by atoms with Gasteiger partial charge in [-0.25, -0.2) is 4.39 Å². The fraction of sp³-hybridized carbons (Fsp3) is 0.107. The minimum absolute atomic E-state index is 0.289. The standard InChI is InChI=1S/C28H22ClFN2O/c1-19-15-22(16-23(17-31)26-8-4-6-10-28(26)30)20(2)32(19)24-11-13-25(14-12-24)33-18-21-7-3-5-9-27(21)29/h3-16H,18H2,1-2H3/b23-16-. The maximum atomic E-state index is 14.2. The first kappa shape index (κ1) is 22.4. The van der Waals surface area contributed by atoms with Crippen LogP contribution in [0.1, 0.15) is 28.1 Å². The van der Waals surface area contributed by atoms with Gasteiger partial charge in [0.05, 0.1) is 11.6 Å². The molecule has 0 aliphatic rings. The number of nitriles is 1. The van der Waals surface area contributed by atoms with Gasteiger partial charge in [-0.05, 0) is 68.0 Å². The number of benzene rings is 3. The Balaban J connectivity index is 1.59. The second-order valence-corrected chi connectivity index (χ2v) is 8.09. The summed E-state index contributed by atoms with van der Waals surface area (Å²) in [6.45, 7) is 4.38. The minimum atomic E-state index is -0.411. The molecule has 0 radical (unpaired) electrons. The van der Waals surface area contributed by atoms with Crippen LogP contribution in [0.2, 0.25) is 5.02 Å². The van der Waals surface area contributed by atoms with Gasteiger partial charge in [-0.2, -0.15) is 5.26 Å². The molecule has 4 aromatic rings. The van der Waals surface area contributed by atoms with Gasteiger partial charge in [0.1, 0.15) is 18.2 Å². The number of halogens is 2. The van der Waals surface area contributed by atoms with Crippen LogP contribution in [0.15, 0.2) is 78.9 Å². The largest absolute Gasteiger partial charge is 0.489 e. The molecule has 164 valence electrons. The smallest absolute Gasteiger partial charge is 0.131 e. The van der Waals surface area contributed by atoms with Crippen LogP contribution < -0.4 is 4.74 Å². The molecular formula is C28H22ClFN2O. The van der Waals surface area contributed by atoms with Crippen LogP contribution in [0.25, 0.3) is 17.3 Å². The zero-order chi connectivity index (χ0) is 23.4. The molecule has 0 saturated carbocycles. The zero-order valence-electron chi connectivity index (χ0n) is 18.3. The Hall–Kier alpha value is -3.81. The number of aryl methyl sites for hydroxylation is 1. The predicted molar refractivity (Wildman–Crippen MR) is 131 cm³/mol. The lowest BCUT2D eigenvalue weighted by atomic mass is 10.0. The number of allylic oxidation sites excluding steroid dienone is 1. The minimum Gasteiger partial charge on any atom is -0.489 e. The van der Waals surface area contributed by atoms with Crippen molar-refractivity contribution in [2.24, 2.45) is 0 Å². The van der Waals surface area contributed by atoms with Gasteiger partial charge in [0, 0.05) is 33.2 Å². The Kier molecular flexibility index (Phi) is 6.63. The van der Waals surface area contributed by atoms with E-state index < -0.39 is 5.82 Å². The fourth-order valence-electron chi connectivity index (χ4n) is 3.80. The highest BCUT2D eigenvalue weighted by molar-refractivity contribution is 6.31. The Morgan fingerprint density at radius 2 is 1.73 bits per heavy atom. The highest BCUT2D eigenvalue weighted by Gasteiger charge is 2.13. The van der Waals surface area contributed by atoms with Gasteiger partial charge < -0.3 is 9.30 Å². The van der Waals surface area contributed by atoms with E-state index in [0.717, 1.165) is 34.0 Å². The van der Waals surface area contributed by atoms with Gasteiger partial charge in [-0.3, -0.25) is 0 Å². The number of hydrogen-bond donors (Lipinski definition) is 0. The third-order valence-corrected chi connectivity index (χ3v) is 5.87. The maximum absolute atomic E-state index is 14.2. The first-order valence-electron chi connectivity index (χ1n) is 10.5. The average molecular weight is 457 g/mol. The van der Waals surface area contributed by atoms with Crippen molar-refractivity contribution >= 4 is 23.3 Å². The summed E-state index contributed by atoms with van der Waals surface area (Å²) in [5.41, 5.74) is 5.32. The monoisotopic (exact) mass is 456 g/mol. The molecule has 0 unspecified atom stereocenters. The quantitative estimate of drug-likeness (QED) is 0.281. The molecule has 5 heteroatoms. The molecule has 3 aromatic carbocycles. The number of aromatic nitrogens is 1. The summed E-state index contributed by atoms with van der Waals surface area (Å²) in [5, 5.41) is 10.3. The van der Waals surface area contributed by atoms with Gasteiger partial charge >= 0.3 is 0 Å². The Morgan fingerprint density at radius 3 is 2.42 bits per heavy atom. The van der Waals surface area contributed by atoms with E-state index >= 15 is 0 Å². The number of hydrogen-bond acceptors (Lipinski definition) is 2. The topological polar surface area (TPSA) is 38.0 Å². The van der Waals surface area contributed by atoms with E-state index in [1.807, 2.05) is 68.4 Å². The lowest BCUT2D eigenvalue weighted by molar-refractivity contribution is 0.306. The van der Waals surface area contributed by atoms with Crippen LogP contribution in [0, 0.1) is 31.0 Å². The Bertz CT molecular complexity index is 1360. The first-order chi connectivity index (χ1) is 16.0. The normalized spacial score (nSPS) is 11.3. The molecule has 3 nitrogen and oxygen atoms in total. The van der Waals surface area contributed by atoms with Crippen molar-refractivity contribution in [3.63, 3.8) is 0 Å². The molecule has 0 aliphatic heterocycles. The molecule has 33 heavy (non-hydrogen) atoms. The van der Waals surface area contributed by atoms with Gasteiger partial charge in [-0.15, -0.1) is 0 Å². The molecule has 0 N–H and O–H groups in total. The lowest BCUT2D eigenvalue weighted by Crippen LogP contribution is -2.00. The molecule has 4 rings (SSSR count). The van der Waals surface area contributed by atoms with Gasteiger partial charge in [0.15, 0.2) is 0 Å². The molecular weight excluding hydrogens is 435 g/mol. The van der Waals surface area contributed by atoms with E-state index in [-0.39, 0.29) is 5.57 Å². The first-order valence-corrected chi connectivity index (χ1v) is 10.9. The molecule has 0 aliphatic carbocycles. The summed E-state index contributed by atoms with van der Waals surface area (Å²) < 4.78 is 22.2. The maximum Gasteiger partial charge on any atom is 0.131 e. The molecule has 0 saturated heterocycles. The zero-order valence-corrected chi connectivity index (χ0v) is 19.1. The second-order valence-electron chi connectivity index (χ2n) is 7.69. The molecule has 1 aromatic heterocycles. The number of ether oxygens (including phenoxy) is 1. The van der Waals surface area contributed by atoms with Crippen molar-refractivity contribution in [3.8, 4) is 17.5 Å². The fourth-order valence-corrected chi connectivity index (χ4v) is 3.99. The summed E-state index contributed by atoms with van der Waals surface area (Å²) >= 11 is 6.20. The van der Waals surface area contributed by atoms with Crippen LogP contribution >= 0.6 is 11.6 Å². The van der Waals surface area contributed by atoms with Crippen LogP contribution in [-0.2, 0) is 6.61 Å². The van der Waals surface area contributed by atoms with E-state index in [1.165, 1.54) is 6.07 Å². The number of rotatable bonds is 6. The molecule has 0 atom stereocenters. The van der Waals surface area contributed by atoms with E-state index in [9.17, 15) is 9.65 Å². The summed E-state index contributed by atoms with van der Waals surface area (Å²) in [7, 11) is 0. The second kappa shape index (κ2) is 9.77. The highest BCUT2D eigenvalue weighted by atomic mass is 35.5. The van der Waals surface area contributed by atoms with E-state index in [0.29, 0.717) is 17.2 Å². The van der Waals surface area contributed by atoms with Crippen LogP contribution in [0.4, 0.5) is 4.39 Å². The summed E-state index contributed by atoms with van der Waals surface area (Å²) in [5.74, 6) is 0.332. The van der Waals surface area contributed by atoms with Crippen molar-refractivity contribution in [3.05, 3.63) is 118 Å². The SMILES string of the molecule is Cc1cc(/C=C(/C#N)c2ccccc2F)c(C)n1-c1ccc(OCc2ccccc2Cl)cc1. The van der Waals surface area contributed by atoms with Crippen molar-refractivity contribution in [2.75, 3.05) is 0 Å². The molecule has 1 heterocycles. The lowest BCUT2D eigenvalue weighted by Gasteiger charge is -2.12. The van der Waals surface area contributed by atoms with Gasteiger partial charge in [0.25, 0.3) is 0 Å². The van der Waals surface area contributed by atoms with Crippen molar-refractivity contribution in [2.45, 2.75) is 20.5 Å². The third kappa shape index (κ3) is 4.84.